The normalized spacial score (nSPS) is 13.8. The summed E-state index contributed by atoms with van der Waals surface area (Å²) in [5, 5.41) is 2.93. The van der Waals surface area contributed by atoms with Crippen LogP contribution in [0.5, 0.6) is 0 Å². The lowest BCUT2D eigenvalue weighted by Gasteiger charge is -2.33. The highest BCUT2D eigenvalue weighted by Crippen LogP contribution is 2.18. The highest BCUT2D eigenvalue weighted by molar-refractivity contribution is 7.92. The molecule has 0 saturated heterocycles. The second-order valence-electron chi connectivity index (χ2n) is 6.23. The number of nitrogens with one attached hydrogen (secondary N) is 2. The van der Waals surface area contributed by atoms with Gasteiger partial charge in [-0.05, 0) is 37.5 Å². The number of halogens is 1. The van der Waals surface area contributed by atoms with Crippen LogP contribution in [0.4, 0.5) is 5.69 Å². The first-order valence-corrected chi connectivity index (χ1v) is 9.42. The van der Waals surface area contributed by atoms with E-state index in [2.05, 4.69) is 10.0 Å². The number of carbonyl (C=O) groups excluding carboxylic acids is 1. The summed E-state index contributed by atoms with van der Waals surface area (Å²) in [7, 11) is -3.38. The van der Waals surface area contributed by atoms with Crippen molar-refractivity contribution in [2.24, 2.45) is 11.7 Å². The number of hydrogen-bond acceptors (Lipinski definition) is 4. The van der Waals surface area contributed by atoms with Crippen LogP contribution in [0.1, 0.15) is 44.5 Å². The maximum atomic E-state index is 12.4. The van der Waals surface area contributed by atoms with Gasteiger partial charge in [0.2, 0.25) is 10.0 Å². The summed E-state index contributed by atoms with van der Waals surface area (Å²) in [6.07, 6.45) is 0.527. The number of amides is 1. The quantitative estimate of drug-likeness (QED) is 0.647. The van der Waals surface area contributed by atoms with Gasteiger partial charge in [-0.25, -0.2) is 8.42 Å². The second-order valence-corrected chi connectivity index (χ2v) is 8.07. The largest absolute Gasteiger partial charge is 0.345 e. The van der Waals surface area contributed by atoms with Gasteiger partial charge in [-0.2, -0.15) is 0 Å². The van der Waals surface area contributed by atoms with Gasteiger partial charge >= 0.3 is 0 Å². The third kappa shape index (κ3) is 6.30. The summed E-state index contributed by atoms with van der Waals surface area (Å²) in [6, 6.07) is 6.44. The van der Waals surface area contributed by atoms with Crippen molar-refractivity contribution in [1.29, 1.82) is 0 Å². The molecular formula is C16H28ClN3O3S. The van der Waals surface area contributed by atoms with Gasteiger partial charge in [0.15, 0.2) is 0 Å². The summed E-state index contributed by atoms with van der Waals surface area (Å²) < 4.78 is 26.1. The summed E-state index contributed by atoms with van der Waals surface area (Å²) in [6.45, 7) is 7.98. The molecule has 0 aliphatic rings. The topological polar surface area (TPSA) is 101 Å². The van der Waals surface area contributed by atoms with Crippen LogP contribution in [0.25, 0.3) is 0 Å². The number of benzene rings is 1. The van der Waals surface area contributed by atoms with Gasteiger partial charge in [-0.3, -0.25) is 9.52 Å². The average Bonchev–Trinajstić information content (AvgIpc) is 2.46. The number of rotatable bonds is 8. The maximum Gasteiger partial charge on any atom is 0.251 e. The van der Waals surface area contributed by atoms with Crippen LogP contribution in [-0.2, 0) is 10.0 Å². The first-order chi connectivity index (χ1) is 10.6. The van der Waals surface area contributed by atoms with E-state index in [9.17, 15) is 13.2 Å². The van der Waals surface area contributed by atoms with E-state index in [-0.39, 0.29) is 30.0 Å². The fourth-order valence-electron chi connectivity index (χ4n) is 1.99. The summed E-state index contributed by atoms with van der Waals surface area (Å²) >= 11 is 0. The van der Waals surface area contributed by atoms with Crippen molar-refractivity contribution >= 4 is 34.0 Å². The van der Waals surface area contributed by atoms with Crippen LogP contribution >= 0.6 is 12.4 Å². The molecule has 0 saturated carbocycles. The molecule has 0 aromatic heterocycles. The first kappa shape index (κ1) is 22.7. The molecule has 1 amide bonds. The minimum atomic E-state index is -3.38. The van der Waals surface area contributed by atoms with E-state index in [0.717, 1.165) is 0 Å². The Balaban J connectivity index is 0.00000529. The van der Waals surface area contributed by atoms with Crippen LogP contribution in [0.3, 0.4) is 0 Å². The van der Waals surface area contributed by atoms with Crippen molar-refractivity contribution in [1.82, 2.24) is 5.32 Å². The summed E-state index contributed by atoms with van der Waals surface area (Å²) in [5.74, 6) is -0.0620. The number of hydrogen-bond donors (Lipinski definition) is 3. The Hall–Kier alpha value is -1.31. The van der Waals surface area contributed by atoms with Crippen LogP contribution in [0.15, 0.2) is 24.3 Å². The fourth-order valence-corrected chi connectivity index (χ4v) is 3.11. The van der Waals surface area contributed by atoms with E-state index in [4.69, 9.17) is 5.73 Å². The molecule has 0 aliphatic heterocycles. The van der Waals surface area contributed by atoms with Crippen molar-refractivity contribution < 1.29 is 13.2 Å². The summed E-state index contributed by atoms with van der Waals surface area (Å²) in [5.41, 5.74) is 6.03. The molecule has 138 valence electrons. The van der Waals surface area contributed by atoms with E-state index in [1.54, 1.807) is 25.1 Å². The first-order valence-electron chi connectivity index (χ1n) is 7.76. The molecular weight excluding hydrogens is 350 g/mol. The van der Waals surface area contributed by atoms with Gasteiger partial charge in [0.25, 0.3) is 5.91 Å². The van der Waals surface area contributed by atoms with Crippen molar-refractivity contribution in [3.63, 3.8) is 0 Å². The molecule has 1 aromatic carbocycles. The van der Waals surface area contributed by atoms with Gasteiger partial charge in [-0.1, -0.05) is 26.8 Å². The number of anilines is 1. The number of nitrogens with two attached hydrogens (primary N) is 1. The highest BCUT2D eigenvalue weighted by Gasteiger charge is 2.29. The Labute approximate surface area is 151 Å². The van der Waals surface area contributed by atoms with Gasteiger partial charge in [0.1, 0.15) is 0 Å². The van der Waals surface area contributed by atoms with E-state index in [1.165, 1.54) is 6.07 Å². The maximum absolute atomic E-state index is 12.4. The molecule has 0 bridgehead atoms. The van der Waals surface area contributed by atoms with Crippen LogP contribution in [0.2, 0.25) is 0 Å². The molecule has 0 fully saturated rings. The molecule has 0 radical (unpaired) electrons. The molecule has 0 spiro atoms. The van der Waals surface area contributed by atoms with E-state index < -0.39 is 15.6 Å². The molecule has 6 nitrogen and oxygen atoms in total. The molecule has 4 N–H and O–H groups in total. The molecule has 1 atom stereocenters. The smallest absolute Gasteiger partial charge is 0.251 e. The van der Waals surface area contributed by atoms with E-state index in [0.29, 0.717) is 24.2 Å². The van der Waals surface area contributed by atoms with Gasteiger partial charge in [0.05, 0.1) is 11.3 Å². The zero-order chi connectivity index (χ0) is 17.7. The standard InChI is InChI=1S/C16H27N3O3S.ClH/c1-5-9-23(21,22)19-14-8-6-7-13(10-14)15(20)18-16(4,11-17)12(2)3;/h6-8,10,12,19H,5,9,11,17H2,1-4H3,(H,18,20);1H. The van der Waals surface area contributed by atoms with Gasteiger partial charge < -0.3 is 11.1 Å². The Morgan fingerprint density at radius 1 is 1.33 bits per heavy atom. The lowest BCUT2D eigenvalue weighted by molar-refractivity contribution is 0.0883. The van der Waals surface area contributed by atoms with Crippen LogP contribution in [-0.4, -0.2) is 32.2 Å². The molecule has 0 heterocycles. The minimum Gasteiger partial charge on any atom is -0.345 e. The molecule has 24 heavy (non-hydrogen) atoms. The molecule has 1 rings (SSSR count). The van der Waals surface area contributed by atoms with E-state index in [1.807, 2.05) is 20.8 Å². The van der Waals surface area contributed by atoms with Crippen molar-refractivity contribution in [3.05, 3.63) is 29.8 Å². The Morgan fingerprint density at radius 3 is 2.46 bits per heavy atom. The van der Waals surface area contributed by atoms with Gasteiger partial charge in [-0.15, -0.1) is 12.4 Å². The predicted octanol–water partition coefficient (Wildman–Crippen LogP) is 2.36. The third-order valence-corrected chi connectivity index (χ3v) is 5.46. The van der Waals surface area contributed by atoms with Crippen LogP contribution < -0.4 is 15.8 Å². The predicted molar refractivity (Wildman–Crippen MR) is 101 cm³/mol. The Morgan fingerprint density at radius 2 is 1.96 bits per heavy atom. The zero-order valence-corrected chi connectivity index (χ0v) is 16.3. The minimum absolute atomic E-state index is 0. The summed E-state index contributed by atoms with van der Waals surface area (Å²) in [4.78, 5) is 12.4. The second kappa shape index (κ2) is 9.25. The third-order valence-electron chi connectivity index (χ3n) is 3.97. The molecule has 1 aromatic rings. The average molecular weight is 378 g/mol. The lowest BCUT2D eigenvalue weighted by atomic mass is 9.88. The van der Waals surface area contributed by atoms with Gasteiger partial charge in [0, 0.05) is 17.8 Å². The lowest BCUT2D eigenvalue weighted by Crippen LogP contribution is -2.55. The van der Waals surface area contributed by atoms with E-state index >= 15 is 0 Å². The van der Waals surface area contributed by atoms with Crippen LogP contribution in [0, 0.1) is 5.92 Å². The Kier molecular flexibility index (Phi) is 8.74. The van der Waals surface area contributed by atoms with Crippen molar-refractivity contribution in [2.75, 3.05) is 17.0 Å². The van der Waals surface area contributed by atoms with Crippen molar-refractivity contribution in [3.8, 4) is 0 Å². The number of sulfonamides is 1. The molecule has 8 heteroatoms. The monoisotopic (exact) mass is 377 g/mol. The fraction of sp³-hybridized carbons (Fsp3) is 0.562. The number of carbonyl (C=O) groups is 1. The van der Waals surface area contributed by atoms with Crippen molar-refractivity contribution in [2.45, 2.75) is 39.7 Å². The Bertz CT molecular complexity index is 650. The highest BCUT2D eigenvalue weighted by atomic mass is 35.5. The molecule has 0 aliphatic carbocycles. The molecule has 1 unspecified atom stereocenters. The zero-order valence-electron chi connectivity index (χ0n) is 14.6. The SMILES string of the molecule is CCCS(=O)(=O)Nc1cccc(C(=O)NC(C)(CN)C(C)C)c1.Cl.